The molecule has 0 bridgehead atoms. The Bertz CT molecular complexity index is 892. The van der Waals surface area contributed by atoms with Gasteiger partial charge in [0.2, 0.25) is 0 Å². The third-order valence-corrected chi connectivity index (χ3v) is 5.27. The van der Waals surface area contributed by atoms with E-state index in [0.717, 1.165) is 4.47 Å². The van der Waals surface area contributed by atoms with E-state index < -0.39 is 21.9 Å². The molecule has 0 aliphatic heterocycles. The summed E-state index contributed by atoms with van der Waals surface area (Å²) in [5, 5.41) is 2.66. The maximum absolute atomic E-state index is 12.3. The summed E-state index contributed by atoms with van der Waals surface area (Å²) in [6.45, 7) is 0. The Morgan fingerprint density at radius 2 is 1.46 bits per heavy atom. The van der Waals surface area contributed by atoms with Crippen molar-refractivity contribution in [2.24, 2.45) is 0 Å². The van der Waals surface area contributed by atoms with Crippen molar-refractivity contribution in [3.63, 3.8) is 0 Å². The zero-order valence-electron chi connectivity index (χ0n) is 14.4. The minimum Gasteiger partial charge on any atom is -0.465 e. The summed E-state index contributed by atoms with van der Waals surface area (Å²) in [6, 6.07) is 11.6. The summed E-state index contributed by atoms with van der Waals surface area (Å²) in [7, 11) is 0.0264. The highest BCUT2D eigenvalue weighted by atomic mass is 32.2. The van der Waals surface area contributed by atoms with Gasteiger partial charge in [-0.25, -0.2) is 13.2 Å². The lowest BCUT2D eigenvalue weighted by Crippen LogP contribution is -2.25. The monoisotopic (exact) mass is 378 g/mol. The molecule has 0 saturated heterocycles. The molecular formula is C17H18N2O6S. The average Bonchev–Trinajstić information content (AvgIpc) is 2.67. The van der Waals surface area contributed by atoms with E-state index in [1.807, 2.05) is 0 Å². The highest BCUT2D eigenvalue weighted by Crippen LogP contribution is 2.17. The van der Waals surface area contributed by atoms with Crippen molar-refractivity contribution in [1.29, 1.82) is 0 Å². The van der Waals surface area contributed by atoms with Gasteiger partial charge in [-0.05, 0) is 48.5 Å². The molecule has 0 fully saturated rings. The van der Waals surface area contributed by atoms with Gasteiger partial charge in [-0.2, -0.15) is 0 Å². The second kappa shape index (κ2) is 8.09. The van der Waals surface area contributed by atoms with Crippen LogP contribution in [0.3, 0.4) is 0 Å². The number of methoxy groups -OCH3 is 1. The fraction of sp³-hybridized carbons (Fsp3) is 0.176. The number of anilines is 1. The topological polar surface area (TPSA) is 102 Å². The first-order valence-corrected chi connectivity index (χ1v) is 8.86. The van der Waals surface area contributed by atoms with Crippen molar-refractivity contribution in [1.82, 2.24) is 4.47 Å². The molecule has 9 heteroatoms. The second-order valence-electron chi connectivity index (χ2n) is 5.14. The number of carbonyl (C=O) groups excluding carboxylic acids is 2. The Hall–Kier alpha value is -2.75. The van der Waals surface area contributed by atoms with Crippen LogP contribution in [-0.4, -0.2) is 46.0 Å². The highest BCUT2D eigenvalue weighted by molar-refractivity contribution is 7.89. The number of hydrogen-bond donors (Lipinski definition) is 1. The van der Waals surface area contributed by atoms with Crippen molar-refractivity contribution >= 4 is 27.6 Å². The molecule has 0 unspecified atom stereocenters. The van der Waals surface area contributed by atoms with E-state index in [1.54, 1.807) is 12.1 Å². The number of nitrogens with one attached hydrogen (secondary N) is 1. The van der Waals surface area contributed by atoms with Crippen molar-refractivity contribution in [2.75, 3.05) is 26.6 Å². The maximum Gasteiger partial charge on any atom is 0.337 e. The van der Waals surface area contributed by atoms with Gasteiger partial charge in [0.1, 0.15) is 0 Å². The Balaban J connectivity index is 2.12. The minimum absolute atomic E-state index is 0.000769. The number of amides is 1. The van der Waals surface area contributed by atoms with Crippen LogP contribution >= 0.6 is 0 Å². The van der Waals surface area contributed by atoms with Gasteiger partial charge in [0.25, 0.3) is 15.9 Å². The SMILES string of the molecule is COC(=O)c1ccc(NC(=O)c2ccc(S(=O)(=O)N(C)OC)cc2)cc1. The molecule has 8 nitrogen and oxygen atoms in total. The standard InChI is InChI=1S/C17H18N2O6S/c1-19(25-3)26(22,23)15-10-6-12(7-11-15)16(20)18-14-8-4-13(5-9-14)17(21)24-2/h4-11H,1-3H3,(H,18,20). The van der Waals surface area contributed by atoms with Gasteiger partial charge in [0.15, 0.2) is 0 Å². The number of hydrogen-bond acceptors (Lipinski definition) is 6. The van der Waals surface area contributed by atoms with Gasteiger partial charge in [0, 0.05) is 18.3 Å². The first-order chi connectivity index (χ1) is 12.3. The zero-order chi connectivity index (χ0) is 19.3. The Kier molecular flexibility index (Phi) is 6.09. The van der Waals surface area contributed by atoms with Crippen LogP contribution in [0, 0.1) is 0 Å². The van der Waals surface area contributed by atoms with Gasteiger partial charge in [-0.1, -0.05) is 4.47 Å². The number of esters is 1. The summed E-state index contributed by atoms with van der Waals surface area (Å²) in [4.78, 5) is 28.3. The molecule has 0 aliphatic carbocycles. The molecule has 1 amide bonds. The summed E-state index contributed by atoms with van der Waals surface area (Å²) in [6.07, 6.45) is 0. The number of carbonyl (C=O) groups is 2. The van der Waals surface area contributed by atoms with Gasteiger partial charge in [0.05, 0.1) is 24.7 Å². The number of sulfonamides is 1. The maximum atomic E-state index is 12.3. The van der Waals surface area contributed by atoms with E-state index in [0.29, 0.717) is 11.3 Å². The van der Waals surface area contributed by atoms with E-state index >= 15 is 0 Å². The van der Waals surface area contributed by atoms with Crippen LogP contribution in [0.15, 0.2) is 53.4 Å². The fourth-order valence-electron chi connectivity index (χ4n) is 2.04. The Morgan fingerprint density at radius 1 is 0.923 bits per heavy atom. The fourth-order valence-corrected chi connectivity index (χ4v) is 3.01. The number of nitrogens with zero attached hydrogens (tertiary/aromatic N) is 1. The average molecular weight is 378 g/mol. The molecule has 2 rings (SSSR count). The van der Waals surface area contributed by atoms with Crippen LogP contribution in [0.2, 0.25) is 0 Å². The quantitative estimate of drug-likeness (QED) is 0.608. The van der Waals surface area contributed by atoms with E-state index in [1.165, 1.54) is 57.7 Å². The zero-order valence-corrected chi connectivity index (χ0v) is 15.2. The van der Waals surface area contributed by atoms with Crippen LogP contribution in [0.4, 0.5) is 5.69 Å². The number of rotatable bonds is 6. The smallest absolute Gasteiger partial charge is 0.337 e. The Labute approximate surface area is 151 Å². The van der Waals surface area contributed by atoms with Crippen LogP contribution in [0.5, 0.6) is 0 Å². The predicted octanol–water partition coefficient (Wildman–Crippen LogP) is 1.91. The van der Waals surface area contributed by atoms with Gasteiger partial charge in [-0.3, -0.25) is 9.63 Å². The molecule has 0 aromatic heterocycles. The van der Waals surface area contributed by atoms with Crippen LogP contribution in [-0.2, 0) is 19.6 Å². The highest BCUT2D eigenvalue weighted by Gasteiger charge is 2.21. The minimum atomic E-state index is -3.77. The molecule has 2 aromatic carbocycles. The molecule has 138 valence electrons. The van der Waals surface area contributed by atoms with Crippen molar-refractivity contribution < 1.29 is 27.6 Å². The van der Waals surface area contributed by atoms with Gasteiger partial charge < -0.3 is 10.1 Å². The van der Waals surface area contributed by atoms with E-state index in [9.17, 15) is 18.0 Å². The molecular weight excluding hydrogens is 360 g/mol. The van der Waals surface area contributed by atoms with E-state index in [4.69, 9.17) is 4.84 Å². The summed E-state index contributed by atoms with van der Waals surface area (Å²) in [5.74, 6) is -0.888. The molecule has 26 heavy (non-hydrogen) atoms. The molecule has 0 saturated carbocycles. The van der Waals surface area contributed by atoms with Crippen LogP contribution in [0.1, 0.15) is 20.7 Å². The second-order valence-corrected chi connectivity index (χ2v) is 7.08. The summed E-state index contributed by atoms with van der Waals surface area (Å²) >= 11 is 0. The summed E-state index contributed by atoms with van der Waals surface area (Å²) < 4.78 is 29.5. The third kappa shape index (κ3) is 4.26. The normalized spacial score (nSPS) is 11.2. The Morgan fingerprint density at radius 3 is 1.96 bits per heavy atom. The van der Waals surface area contributed by atoms with Crippen LogP contribution in [0.25, 0.3) is 0 Å². The lowest BCUT2D eigenvalue weighted by atomic mass is 10.2. The first kappa shape index (κ1) is 19.6. The molecule has 1 N–H and O–H groups in total. The van der Waals surface area contributed by atoms with Crippen molar-refractivity contribution in [2.45, 2.75) is 4.90 Å². The lowest BCUT2D eigenvalue weighted by molar-refractivity contribution is -0.0258. The number of benzene rings is 2. The number of hydroxylamine groups is 1. The third-order valence-electron chi connectivity index (χ3n) is 3.57. The van der Waals surface area contributed by atoms with Crippen LogP contribution < -0.4 is 5.32 Å². The van der Waals surface area contributed by atoms with Gasteiger partial charge >= 0.3 is 5.97 Å². The summed E-state index contributed by atoms with van der Waals surface area (Å²) in [5.41, 5.74) is 1.13. The molecule has 0 heterocycles. The van der Waals surface area contributed by atoms with E-state index in [2.05, 4.69) is 10.1 Å². The largest absolute Gasteiger partial charge is 0.465 e. The first-order valence-electron chi connectivity index (χ1n) is 7.42. The molecule has 0 atom stereocenters. The number of ether oxygens (including phenoxy) is 1. The van der Waals surface area contributed by atoms with E-state index in [-0.39, 0.29) is 10.5 Å². The van der Waals surface area contributed by atoms with Crippen molar-refractivity contribution in [3.05, 3.63) is 59.7 Å². The predicted molar refractivity (Wildman–Crippen MR) is 94.1 cm³/mol. The van der Waals surface area contributed by atoms with Crippen molar-refractivity contribution in [3.8, 4) is 0 Å². The molecule has 0 spiro atoms. The lowest BCUT2D eigenvalue weighted by Gasteiger charge is -2.14. The molecule has 0 aliphatic rings. The molecule has 0 radical (unpaired) electrons. The molecule has 2 aromatic rings. The van der Waals surface area contributed by atoms with Gasteiger partial charge in [-0.15, -0.1) is 0 Å².